The molecule has 4 rings (SSSR count). The quantitative estimate of drug-likeness (QED) is 0.594. The highest BCUT2D eigenvalue weighted by atomic mass is 79.9. The van der Waals surface area contributed by atoms with E-state index in [1.807, 2.05) is 24.4 Å². The molecule has 4 aromatic rings. The van der Waals surface area contributed by atoms with Crippen molar-refractivity contribution in [2.75, 3.05) is 0 Å². The Balaban J connectivity index is 1.57. The summed E-state index contributed by atoms with van der Waals surface area (Å²) < 4.78 is 6.37. The Bertz CT molecular complexity index is 962. The normalized spacial score (nSPS) is 11.2. The molecule has 0 spiro atoms. The second-order valence-corrected chi connectivity index (χ2v) is 5.93. The van der Waals surface area contributed by atoms with Crippen LogP contribution in [0.15, 0.2) is 52.0 Å². The van der Waals surface area contributed by atoms with Crippen molar-refractivity contribution in [1.82, 2.24) is 25.1 Å². The van der Waals surface area contributed by atoms with Crippen molar-refractivity contribution < 1.29 is 4.52 Å². The Morgan fingerprint density at radius 2 is 2.09 bits per heavy atom. The van der Waals surface area contributed by atoms with Gasteiger partial charge in [-0.15, -0.1) is 0 Å². The van der Waals surface area contributed by atoms with Gasteiger partial charge in [0.1, 0.15) is 5.65 Å². The molecule has 0 atom stereocenters. The zero-order chi connectivity index (χ0) is 15.6. The maximum absolute atomic E-state index is 5.38. The van der Waals surface area contributed by atoms with Crippen LogP contribution in [0.1, 0.15) is 11.5 Å². The van der Waals surface area contributed by atoms with Crippen molar-refractivity contribution in [3.05, 3.63) is 58.9 Å². The maximum Gasteiger partial charge on any atom is 0.227 e. The first-order valence-electron chi connectivity index (χ1n) is 7.15. The van der Waals surface area contributed by atoms with Crippen LogP contribution in [-0.4, -0.2) is 25.1 Å². The monoisotopic (exact) mass is 369 g/mol. The van der Waals surface area contributed by atoms with E-state index in [9.17, 15) is 0 Å². The van der Waals surface area contributed by atoms with Crippen LogP contribution < -0.4 is 0 Å². The summed E-state index contributed by atoms with van der Waals surface area (Å²) in [5.41, 5.74) is 2.89. The SMILES string of the molecule is Brc1cnccc1CCc1nc(-c2ccnc3[nH]ccc23)no1. The smallest absolute Gasteiger partial charge is 0.227 e. The Hall–Kier alpha value is -2.54. The molecule has 0 saturated carbocycles. The lowest BCUT2D eigenvalue weighted by Gasteiger charge is -2.00. The third kappa shape index (κ3) is 2.75. The van der Waals surface area contributed by atoms with Crippen LogP contribution in [0.4, 0.5) is 0 Å². The fourth-order valence-electron chi connectivity index (χ4n) is 2.47. The molecule has 0 radical (unpaired) electrons. The number of H-pyrrole nitrogens is 1. The van der Waals surface area contributed by atoms with Crippen LogP contribution in [0.5, 0.6) is 0 Å². The molecule has 114 valence electrons. The van der Waals surface area contributed by atoms with Gasteiger partial charge in [-0.1, -0.05) is 5.16 Å². The predicted octanol–water partition coefficient (Wildman–Crippen LogP) is 3.56. The van der Waals surface area contributed by atoms with Gasteiger partial charge in [0.2, 0.25) is 11.7 Å². The van der Waals surface area contributed by atoms with Crippen LogP contribution in [0.25, 0.3) is 22.4 Å². The molecule has 6 nitrogen and oxygen atoms in total. The van der Waals surface area contributed by atoms with Gasteiger partial charge in [-0.2, -0.15) is 4.98 Å². The van der Waals surface area contributed by atoms with Crippen LogP contribution in [0.2, 0.25) is 0 Å². The third-order valence-corrected chi connectivity index (χ3v) is 4.35. The summed E-state index contributed by atoms with van der Waals surface area (Å²) in [7, 11) is 0. The molecule has 4 heterocycles. The molecule has 4 aromatic heterocycles. The highest BCUT2D eigenvalue weighted by Crippen LogP contribution is 2.25. The van der Waals surface area contributed by atoms with Crippen LogP contribution >= 0.6 is 15.9 Å². The van der Waals surface area contributed by atoms with Gasteiger partial charge in [-0.05, 0) is 46.1 Å². The number of pyridine rings is 2. The fourth-order valence-corrected chi connectivity index (χ4v) is 2.92. The maximum atomic E-state index is 5.38. The van der Waals surface area contributed by atoms with Gasteiger partial charge < -0.3 is 9.51 Å². The average molecular weight is 370 g/mol. The third-order valence-electron chi connectivity index (χ3n) is 3.63. The molecule has 0 amide bonds. The van der Waals surface area contributed by atoms with Crippen LogP contribution in [-0.2, 0) is 12.8 Å². The molecular formula is C16H12BrN5O. The van der Waals surface area contributed by atoms with Crippen molar-refractivity contribution in [2.45, 2.75) is 12.8 Å². The molecule has 1 N–H and O–H groups in total. The highest BCUT2D eigenvalue weighted by molar-refractivity contribution is 9.10. The van der Waals surface area contributed by atoms with Crippen LogP contribution in [0, 0.1) is 0 Å². The van der Waals surface area contributed by atoms with Gasteiger partial charge in [0.25, 0.3) is 0 Å². The summed E-state index contributed by atoms with van der Waals surface area (Å²) in [5, 5.41) is 5.08. The fraction of sp³-hybridized carbons (Fsp3) is 0.125. The van der Waals surface area contributed by atoms with Gasteiger partial charge in [0.15, 0.2) is 0 Å². The zero-order valence-corrected chi connectivity index (χ0v) is 13.6. The number of rotatable bonds is 4. The largest absolute Gasteiger partial charge is 0.346 e. The molecule has 0 aliphatic rings. The van der Waals surface area contributed by atoms with Crippen molar-refractivity contribution in [3.63, 3.8) is 0 Å². The van der Waals surface area contributed by atoms with Gasteiger partial charge in [-0.3, -0.25) is 4.98 Å². The number of nitrogens with zero attached hydrogens (tertiary/aromatic N) is 4. The minimum Gasteiger partial charge on any atom is -0.346 e. The molecule has 0 aromatic carbocycles. The molecule has 0 aliphatic carbocycles. The van der Waals surface area contributed by atoms with E-state index < -0.39 is 0 Å². The predicted molar refractivity (Wildman–Crippen MR) is 88.7 cm³/mol. The first-order valence-corrected chi connectivity index (χ1v) is 7.94. The minimum atomic E-state index is 0.584. The van der Waals surface area contributed by atoms with E-state index in [0.717, 1.165) is 33.1 Å². The zero-order valence-electron chi connectivity index (χ0n) is 12.0. The molecule has 0 aliphatic heterocycles. The van der Waals surface area contributed by atoms with E-state index in [4.69, 9.17) is 4.52 Å². The van der Waals surface area contributed by atoms with Gasteiger partial charge in [0.05, 0.1) is 0 Å². The minimum absolute atomic E-state index is 0.584. The number of nitrogens with one attached hydrogen (secondary N) is 1. The molecule has 7 heteroatoms. The number of fused-ring (bicyclic) bond motifs is 1. The topological polar surface area (TPSA) is 80.5 Å². The Labute approximate surface area is 140 Å². The van der Waals surface area contributed by atoms with Crippen LogP contribution in [0.3, 0.4) is 0 Å². The molecule has 23 heavy (non-hydrogen) atoms. The van der Waals surface area contributed by atoms with Crippen molar-refractivity contribution in [1.29, 1.82) is 0 Å². The average Bonchev–Trinajstić information content (AvgIpc) is 3.23. The van der Waals surface area contributed by atoms with E-state index in [-0.39, 0.29) is 0 Å². The van der Waals surface area contributed by atoms with E-state index >= 15 is 0 Å². The standard InChI is InChI=1S/C16H12BrN5O/c17-13-9-18-6-3-10(13)1-2-14-21-16(22-23-14)12-5-8-20-15-11(12)4-7-19-15/h3-9H,1-2H2,(H,19,20). The molecule has 0 unspecified atom stereocenters. The lowest BCUT2D eigenvalue weighted by Crippen LogP contribution is -1.93. The summed E-state index contributed by atoms with van der Waals surface area (Å²) in [6, 6.07) is 5.83. The lowest BCUT2D eigenvalue weighted by atomic mass is 10.1. The summed E-state index contributed by atoms with van der Waals surface area (Å²) in [5.74, 6) is 1.20. The molecular weight excluding hydrogens is 358 g/mol. The number of aromatic nitrogens is 5. The van der Waals surface area contributed by atoms with Crippen molar-refractivity contribution >= 4 is 27.0 Å². The van der Waals surface area contributed by atoms with Gasteiger partial charge in [-0.25, -0.2) is 4.98 Å². The molecule has 0 fully saturated rings. The second kappa shape index (κ2) is 5.92. The summed E-state index contributed by atoms with van der Waals surface area (Å²) in [4.78, 5) is 15.9. The van der Waals surface area contributed by atoms with E-state index in [1.165, 1.54) is 0 Å². The number of hydrogen-bond acceptors (Lipinski definition) is 5. The van der Waals surface area contributed by atoms with Gasteiger partial charge in [0, 0.05) is 46.6 Å². The van der Waals surface area contributed by atoms with E-state index in [2.05, 4.69) is 41.0 Å². The number of halogens is 1. The summed E-state index contributed by atoms with van der Waals surface area (Å²) in [6.45, 7) is 0. The molecule has 0 saturated heterocycles. The summed E-state index contributed by atoms with van der Waals surface area (Å²) in [6.07, 6.45) is 8.63. The molecule has 0 bridgehead atoms. The second-order valence-electron chi connectivity index (χ2n) is 5.08. The van der Waals surface area contributed by atoms with Gasteiger partial charge >= 0.3 is 0 Å². The first kappa shape index (κ1) is 14.1. The number of aryl methyl sites for hydroxylation is 2. The highest BCUT2D eigenvalue weighted by Gasteiger charge is 2.13. The van der Waals surface area contributed by atoms with Crippen molar-refractivity contribution in [2.24, 2.45) is 0 Å². The summed E-state index contributed by atoms with van der Waals surface area (Å²) >= 11 is 3.49. The number of aromatic amines is 1. The Morgan fingerprint density at radius 1 is 1.13 bits per heavy atom. The Kier molecular flexibility index (Phi) is 3.63. The number of hydrogen-bond donors (Lipinski definition) is 1. The van der Waals surface area contributed by atoms with E-state index in [1.54, 1.807) is 18.6 Å². The van der Waals surface area contributed by atoms with E-state index in [0.29, 0.717) is 18.1 Å². The Morgan fingerprint density at radius 3 is 3.00 bits per heavy atom. The lowest BCUT2D eigenvalue weighted by molar-refractivity contribution is 0.379. The van der Waals surface area contributed by atoms with Crippen molar-refractivity contribution in [3.8, 4) is 11.4 Å². The first-order chi connectivity index (χ1) is 11.3.